The van der Waals surface area contributed by atoms with Crippen LogP contribution in [0.1, 0.15) is 12.8 Å². The normalized spacial score (nSPS) is 18.8. The fourth-order valence-corrected chi connectivity index (χ4v) is 2.80. The van der Waals surface area contributed by atoms with Crippen LogP contribution in [-0.4, -0.2) is 40.4 Å². The highest BCUT2D eigenvalue weighted by molar-refractivity contribution is 7.99. The van der Waals surface area contributed by atoms with Crippen LogP contribution in [0, 0.1) is 10.1 Å². The van der Waals surface area contributed by atoms with Crippen molar-refractivity contribution in [3.05, 3.63) is 16.4 Å². The van der Waals surface area contributed by atoms with Gasteiger partial charge in [0.05, 0.1) is 11.0 Å². The van der Waals surface area contributed by atoms with Gasteiger partial charge in [0, 0.05) is 19.4 Å². The first-order valence-corrected chi connectivity index (χ1v) is 6.62. The Morgan fingerprint density at radius 3 is 3.11 bits per heavy atom. The SMILES string of the molecule is CNc1ncnc(SCC2CCCO2)c1[N+](=O)[O-]. The van der Waals surface area contributed by atoms with E-state index in [9.17, 15) is 10.1 Å². The lowest BCUT2D eigenvalue weighted by molar-refractivity contribution is -0.387. The summed E-state index contributed by atoms with van der Waals surface area (Å²) >= 11 is 1.34. The lowest BCUT2D eigenvalue weighted by Crippen LogP contribution is -2.09. The molecule has 2 rings (SSSR count). The van der Waals surface area contributed by atoms with E-state index in [1.807, 2.05) is 0 Å². The third-order valence-corrected chi connectivity index (χ3v) is 3.75. The fraction of sp³-hybridized carbons (Fsp3) is 0.600. The minimum absolute atomic E-state index is 0.0667. The molecule has 1 unspecified atom stereocenters. The predicted molar refractivity (Wildman–Crippen MR) is 67.9 cm³/mol. The van der Waals surface area contributed by atoms with Crippen LogP contribution in [0.4, 0.5) is 11.5 Å². The summed E-state index contributed by atoms with van der Waals surface area (Å²) in [6.07, 6.45) is 3.56. The lowest BCUT2D eigenvalue weighted by Gasteiger charge is -2.09. The van der Waals surface area contributed by atoms with Gasteiger partial charge in [0.2, 0.25) is 5.82 Å². The summed E-state index contributed by atoms with van der Waals surface area (Å²) in [5.41, 5.74) is -0.0667. The molecule has 1 atom stereocenters. The maximum Gasteiger partial charge on any atom is 0.343 e. The molecule has 7 nitrogen and oxygen atoms in total. The Morgan fingerprint density at radius 2 is 2.50 bits per heavy atom. The van der Waals surface area contributed by atoms with Crippen molar-refractivity contribution in [1.82, 2.24) is 9.97 Å². The molecule has 1 aromatic heterocycles. The number of nitrogens with zero attached hydrogens (tertiary/aromatic N) is 3. The van der Waals surface area contributed by atoms with Crippen LogP contribution in [0.25, 0.3) is 0 Å². The number of hydrogen-bond acceptors (Lipinski definition) is 7. The molecule has 0 aliphatic carbocycles. The lowest BCUT2D eigenvalue weighted by atomic mass is 10.3. The first-order valence-electron chi connectivity index (χ1n) is 5.64. The van der Waals surface area contributed by atoms with Crippen molar-refractivity contribution in [2.75, 3.05) is 24.7 Å². The Labute approximate surface area is 108 Å². The van der Waals surface area contributed by atoms with Gasteiger partial charge in [0.1, 0.15) is 6.33 Å². The van der Waals surface area contributed by atoms with Crippen molar-refractivity contribution >= 4 is 23.3 Å². The van der Waals surface area contributed by atoms with E-state index in [0.29, 0.717) is 10.8 Å². The monoisotopic (exact) mass is 270 g/mol. The van der Waals surface area contributed by atoms with Crippen molar-refractivity contribution in [2.24, 2.45) is 0 Å². The zero-order valence-electron chi connectivity index (χ0n) is 9.96. The van der Waals surface area contributed by atoms with Gasteiger partial charge in [0.15, 0.2) is 5.03 Å². The third kappa shape index (κ3) is 2.88. The molecule has 1 aromatic rings. The second kappa shape index (κ2) is 5.96. The van der Waals surface area contributed by atoms with E-state index < -0.39 is 4.92 Å². The molecule has 0 spiro atoms. The Balaban J connectivity index is 2.13. The molecule has 2 heterocycles. The molecule has 0 aromatic carbocycles. The van der Waals surface area contributed by atoms with Crippen molar-refractivity contribution in [2.45, 2.75) is 24.0 Å². The zero-order chi connectivity index (χ0) is 13.0. The van der Waals surface area contributed by atoms with Gasteiger partial charge in [-0.05, 0) is 12.8 Å². The Kier molecular flexibility index (Phi) is 4.32. The molecule has 98 valence electrons. The molecular weight excluding hydrogens is 256 g/mol. The Morgan fingerprint density at radius 1 is 1.67 bits per heavy atom. The number of nitro groups is 1. The molecule has 1 aliphatic heterocycles. The van der Waals surface area contributed by atoms with Gasteiger partial charge in [-0.1, -0.05) is 11.8 Å². The predicted octanol–water partition coefficient (Wildman–Crippen LogP) is 1.70. The average molecular weight is 270 g/mol. The van der Waals surface area contributed by atoms with Crippen LogP contribution in [-0.2, 0) is 4.74 Å². The van der Waals surface area contributed by atoms with Gasteiger partial charge >= 0.3 is 5.69 Å². The molecule has 1 N–H and O–H groups in total. The number of ether oxygens (including phenoxy) is 1. The summed E-state index contributed by atoms with van der Waals surface area (Å²) < 4.78 is 5.48. The highest BCUT2D eigenvalue weighted by Gasteiger charge is 2.24. The number of rotatable bonds is 5. The number of aromatic nitrogens is 2. The standard InChI is InChI=1S/C10H14N4O3S/c1-11-9-8(14(15)16)10(13-6-12-9)18-5-7-3-2-4-17-7/h6-7H,2-5H2,1H3,(H,11,12,13). The third-order valence-electron chi connectivity index (χ3n) is 2.64. The van der Waals surface area contributed by atoms with Crippen molar-refractivity contribution in [3.8, 4) is 0 Å². The van der Waals surface area contributed by atoms with Crippen molar-refractivity contribution in [1.29, 1.82) is 0 Å². The van der Waals surface area contributed by atoms with Crippen molar-refractivity contribution < 1.29 is 9.66 Å². The first-order chi connectivity index (χ1) is 8.72. The molecule has 1 fully saturated rings. The number of nitrogens with one attached hydrogen (secondary N) is 1. The summed E-state index contributed by atoms with van der Waals surface area (Å²) in [4.78, 5) is 18.4. The second-order valence-electron chi connectivity index (χ2n) is 3.83. The molecule has 8 heteroatoms. The maximum absolute atomic E-state index is 11.0. The summed E-state index contributed by atoms with van der Waals surface area (Å²) in [5.74, 6) is 0.922. The summed E-state index contributed by atoms with van der Waals surface area (Å²) in [6, 6.07) is 0. The highest BCUT2D eigenvalue weighted by atomic mass is 32.2. The van der Waals surface area contributed by atoms with Crippen LogP contribution < -0.4 is 5.32 Å². The minimum Gasteiger partial charge on any atom is -0.377 e. The van der Waals surface area contributed by atoms with Gasteiger partial charge in [0.25, 0.3) is 0 Å². The van der Waals surface area contributed by atoms with E-state index >= 15 is 0 Å². The fourth-order valence-electron chi connectivity index (χ4n) is 1.76. The van der Waals surface area contributed by atoms with Crippen molar-refractivity contribution in [3.63, 3.8) is 0 Å². The van der Waals surface area contributed by atoms with E-state index in [1.165, 1.54) is 18.1 Å². The van der Waals surface area contributed by atoms with E-state index in [4.69, 9.17) is 4.74 Å². The molecule has 0 saturated carbocycles. The summed E-state index contributed by atoms with van der Waals surface area (Å²) in [7, 11) is 1.60. The van der Waals surface area contributed by atoms with Crippen LogP contribution in [0.2, 0.25) is 0 Å². The van der Waals surface area contributed by atoms with E-state index in [1.54, 1.807) is 7.05 Å². The van der Waals surface area contributed by atoms with Crippen LogP contribution in [0.3, 0.4) is 0 Å². The molecule has 18 heavy (non-hydrogen) atoms. The second-order valence-corrected chi connectivity index (χ2v) is 4.84. The minimum atomic E-state index is -0.455. The van der Waals surface area contributed by atoms with Crippen LogP contribution in [0.15, 0.2) is 11.4 Å². The Bertz CT molecular complexity index is 437. The average Bonchev–Trinajstić information content (AvgIpc) is 2.88. The van der Waals surface area contributed by atoms with Gasteiger partial charge in [-0.25, -0.2) is 9.97 Å². The molecular formula is C10H14N4O3S. The van der Waals surface area contributed by atoms with Gasteiger partial charge in [-0.15, -0.1) is 0 Å². The molecule has 0 bridgehead atoms. The van der Waals surface area contributed by atoms with Crippen LogP contribution in [0.5, 0.6) is 0 Å². The first kappa shape index (κ1) is 13.0. The van der Waals surface area contributed by atoms with E-state index in [2.05, 4.69) is 15.3 Å². The van der Waals surface area contributed by atoms with Gasteiger partial charge in [-0.3, -0.25) is 10.1 Å². The molecule has 1 saturated heterocycles. The Hall–Kier alpha value is -1.41. The molecule has 0 amide bonds. The number of hydrogen-bond donors (Lipinski definition) is 1. The maximum atomic E-state index is 11.0. The summed E-state index contributed by atoms with van der Waals surface area (Å²) in [6.45, 7) is 0.777. The van der Waals surface area contributed by atoms with E-state index in [0.717, 1.165) is 19.4 Å². The molecule has 1 aliphatic rings. The van der Waals surface area contributed by atoms with Crippen LogP contribution >= 0.6 is 11.8 Å². The number of anilines is 1. The number of thioether (sulfide) groups is 1. The topological polar surface area (TPSA) is 90.2 Å². The van der Waals surface area contributed by atoms with Gasteiger partial charge < -0.3 is 10.1 Å². The zero-order valence-corrected chi connectivity index (χ0v) is 10.8. The molecule has 0 radical (unpaired) electrons. The highest BCUT2D eigenvalue weighted by Crippen LogP contribution is 2.33. The quantitative estimate of drug-likeness (QED) is 0.377. The largest absolute Gasteiger partial charge is 0.377 e. The van der Waals surface area contributed by atoms with Gasteiger partial charge in [-0.2, -0.15) is 0 Å². The van der Waals surface area contributed by atoms with E-state index in [-0.39, 0.29) is 17.6 Å². The smallest absolute Gasteiger partial charge is 0.343 e. The summed E-state index contributed by atoms with van der Waals surface area (Å²) in [5, 5.41) is 14.1.